The summed E-state index contributed by atoms with van der Waals surface area (Å²) in [4.78, 5) is 28.9. The molecule has 0 bridgehead atoms. The molecule has 7 heteroatoms. The van der Waals surface area contributed by atoms with Crippen LogP contribution in [0.25, 0.3) is 0 Å². The summed E-state index contributed by atoms with van der Waals surface area (Å²) in [5, 5.41) is 5.75. The second-order valence-electron chi connectivity index (χ2n) is 8.03. The molecule has 30 heavy (non-hydrogen) atoms. The van der Waals surface area contributed by atoms with Crippen LogP contribution >= 0.6 is 0 Å². The molecule has 2 rings (SSSR count). The Bertz CT molecular complexity index is 897. The van der Waals surface area contributed by atoms with Crippen LogP contribution in [0, 0.1) is 5.82 Å². The van der Waals surface area contributed by atoms with E-state index in [0.717, 1.165) is 11.3 Å². The molecule has 0 fully saturated rings. The minimum atomic E-state index is -0.463. The predicted molar refractivity (Wildman–Crippen MR) is 119 cm³/mol. The summed E-state index contributed by atoms with van der Waals surface area (Å²) in [6.45, 7) is 8.15. The van der Waals surface area contributed by atoms with Gasteiger partial charge in [0.15, 0.2) is 0 Å². The summed E-state index contributed by atoms with van der Waals surface area (Å²) >= 11 is 0. The minimum Gasteiger partial charge on any atom is -0.377 e. The number of nitrogens with zero attached hydrogens (tertiary/aromatic N) is 2. The van der Waals surface area contributed by atoms with Crippen LogP contribution in [0.3, 0.4) is 0 Å². The van der Waals surface area contributed by atoms with Gasteiger partial charge in [-0.2, -0.15) is 0 Å². The van der Waals surface area contributed by atoms with Crippen LogP contribution in [0.5, 0.6) is 0 Å². The van der Waals surface area contributed by atoms with E-state index in [0.29, 0.717) is 12.2 Å². The fourth-order valence-corrected chi connectivity index (χ4v) is 3.06. The standard InChI is InChI=1S/C23H31FN4O2/c1-15(2)25-23(30)28(16(3)4)14-18-13-20(10-11-21(18)27(5)6)26-22(29)17-8-7-9-19(24)12-17/h7-13,15-16H,14H2,1-6H3,(H,25,30)(H,26,29). The lowest BCUT2D eigenvalue weighted by atomic mass is 10.1. The highest BCUT2D eigenvalue weighted by atomic mass is 19.1. The Balaban J connectivity index is 2.31. The lowest BCUT2D eigenvalue weighted by molar-refractivity contribution is 0.102. The number of urea groups is 1. The lowest BCUT2D eigenvalue weighted by Gasteiger charge is -2.30. The first-order chi connectivity index (χ1) is 14.1. The molecule has 3 amide bonds. The Labute approximate surface area is 178 Å². The van der Waals surface area contributed by atoms with Gasteiger partial charge in [-0.05, 0) is 69.7 Å². The molecule has 0 aliphatic heterocycles. The normalized spacial score (nSPS) is 10.8. The second-order valence-corrected chi connectivity index (χ2v) is 8.03. The SMILES string of the molecule is CC(C)NC(=O)N(Cc1cc(NC(=O)c2cccc(F)c2)ccc1N(C)C)C(C)C. The monoisotopic (exact) mass is 414 g/mol. The number of carbonyl (C=O) groups excluding carboxylic acids is 2. The summed E-state index contributed by atoms with van der Waals surface area (Å²) in [7, 11) is 3.86. The van der Waals surface area contributed by atoms with E-state index in [4.69, 9.17) is 0 Å². The molecular formula is C23H31FN4O2. The summed E-state index contributed by atoms with van der Waals surface area (Å²) in [5.41, 5.74) is 2.66. The Morgan fingerprint density at radius 2 is 1.73 bits per heavy atom. The Kier molecular flexibility index (Phi) is 7.80. The van der Waals surface area contributed by atoms with Crippen molar-refractivity contribution in [3.05, 3.63) is 59.4 Å². The average molecular weight is 415 g/mol. The van der Waals surface area contributed by atoms with Crippen molar-refractivity contribution in [1.29, 1.82) is 0 Å². The highest BCUT2D eigenvalue weighted by molar-refractivity contribution is 6.04. The van der Waals surface area contributed by atoms with Gasteiger partial charge in [-0.3, -0.25) is 4.79 Å². The van der Waals surface area contributed by atoms with Crippen molar-refractivity contribution in [1.82, 2.24) is 10.2 Å². The maximum Gasteiger partial charge on any atom is 0.318 e. The number of hydrogen-bond donors (Lipinski definition) is 2. The van der Waals surface area contributed by atoms with Crippen molar-refractivity contribution in [3.63, 3.8) is 0 Å². The van der Waals surface area contributed by atoms with E-state index in [1.165, 1.54) is 18.2 Å². The molecule has 0 unspecified atom stereocenters. The van der Waals surface area contributed by atoms with Crippen LogP contribution in [-0.2, 0) is 6.54 Å². The number of carbonyl (C=O) groups is 2. The van der Waals surface area contributed by atoms with Crippen molar-refractivity contribution in [2.24, 2.45) is 0 Å². The first-order valence-electron chi connectivity index (χ1n) is 10.0. The predicted octanol–water partition coefficient (Wildman–Crippen LogP) is 4.47. The summed E-state index contributed by atoms with van der Waals surface area (Å²) in [6, 6.07) is 11.0. The molecule has 2 aromatic rings. The Morgan fingerprint density at radius 1 is 1.03 bits per heavy atom. The molecule has 2 N–H and O–H groups in total. The van der Waals surface area contributed by atoms with Crippen molar-refractivity contribution < 1.29 is 14.0 Å². The fraction of sp³-hybridized carbons (Fsp3) is 0.391. The van der Waals surface area contributed by atoms with Gasteiger partial charge in [0, 0.05) is 49.7 Å². The molecule has 2 aromatic carbocycles. The van der Waals surface area contributed by atoms with Crippen LogP contribution < -0.4 is 15.5 Å². The molecule has 0 atom stereocenters. The van der Waals surface area contributed by atoms with Gasteiger partial charge in [0.1, 0.15) is 5.82 Å². The number of rotatable bonds is 7. The molecule has 0 heterocycles. The average Bonchev–Trinajstić information content (AvgIpc) is 2.65. The van der Waals surface area contributed by atoms with E-state index in [9.17, 15) is 14.0 Å². The topological polar surface area (TPSA) is 64.7 Å². The number of hydrogen-bond acceptors (Lipinski definition) is 3. The Hall–Kier alpha value is -3.09. The van der Waals surface area contributed by atoms with E-state index >= 15 is 0 Å². The molecule has 6 nitrogen and oxygen atoms in total. The summed E-state index contributed by atoms with van der Waals surface area (Å²) < 4.78 is 13.4. The van der Waals surface area contributed by atoms with Gasteiger partial charge in [-0.25, -0.2) is 9.18 Å². The van der Waals surface area contributed by atoms with Crippen molar-refractivity contribution in [3.8, 4) is 0 Å². The molecule has 0 radical (unpaired) electrons. The smallest absolute Gasteiger partial charge is 0.318 e. The molecule has 162 valence electrons. The van der Waals surface area contributed by atoms with Crippen molar-refractivity contribution in [2.45, 2.75) is 46.3 Å². The van der Waals surface area contributed by atoms with E-state index in [-0.39, 0.29) is 23.7 Å². The van der Waals surface area contributed by atoms with Crippen molar-refractivity contribution in [2.75, 3.05) is 24.3 Å². The number of amides is 3. The molecular weight excluding hydrogens is 383 g/mol. The maximum atomic E-state index is 13.4. The molecule has 0 aromatic heterocycles. The first-order valence-corrected chi connectivity index (χ1v) is 10.0. The minimum absolute atomic E-state index is 0.00990. The molecule has 0 saturated carbocycles. The van der Waals surface area contributed by atoms with Gasteiger partial charge in [0.25, 0.3) is 5.91 Å². The number of benzene rings is 2. The quantitative estimate of drug-likeness (QED) is 0.702. The van der Waals surface area contributed by atoms with Crippen LogP contribution in [0.2, 0.25) is 0 Å². The van der Waals surface area contributed by atoms with E-state index in [1.54, 1.807) is 17.0 Å². The third-order valence-corrected chi connectivity index (χ3v) is 4.54. The number of nitrogens with one attached hydrogen (secondary N) is 2. The first kappa shape index (κ1) is 23.2. The zero-order valence-corrected chi connectivity index (χ0v) is 18.5. The van der Waals surface area contributed by atoms with Crippen LogP contribution in [0.15, 0.2) is 42.5 Å². The van der Waals surface area contributed by atoms with Crippen LogP contribution in [0.1, 0.15) is 43.6 Å². The number of halogens is 1. The summed E-state index contributed by atoms with van der Waals surface area (Å²) in [6.07, 6.45) is 0. The number of anilines is 2. The van der Waals surface area contributed by atoms with E-state index < -0.39 is 11.7 Å². The van der Waals surface area contributed by atoms with E-state index in [2.05, 4.69) is 10.6 Å². The highest BCUT2D eigenvalue weighted by Gasteiger charge is 2.20. The summed E-state index contributed by atoms with van der Waals surface area (Å²) in [5.74, 6) is -0.855. The van der Waals surface area contributed by atoms with Gasteiger partial charge in [-0.1, -0.05) is 6.07 Å². The molecule has 0 spiro atoms. The fourth-order valence-electron chi connectivity index (χ4n) is 3.06. The maximum absolute atomic E-state index is 13.4. The molecule has 0 aliphatic carbocycles. The zero-order chi connectivity index (χ0) is 22.4. The Morgan fingerprint density at radius 3 is 2.30 bits per heavy atom. The van der Waals surface area contributed by atoms with Crippen molar-refractivity contribution >= 4 is 23.3 Å². The highest BCUT2D eigenvalue weighted by Crippen LogP contribution is 2.25. The van der Waals surface area contributed by atoms with Gasteiger partial charge < -0.3 is 20.4 Å². The third kappa shape index (κ3) is 6.20. The van der Waals surface area contributed by atoms with Crippen LogP contribution in [-0.4, -0.2) is 43.0 Å². The van der Waals surface area contributed by atoms with Gasteiger partial charge in [-0.15, -0.1) is 0 Å². The molecule has 0 aliphatic rings. The van der Waals surface area contributed by atoms with E-state index in [1.807, 2.05) is 58.8 Å². The van der Waals surface area contributed by atoms with Crippen LogP contribution in [0.4, 0.5) is 20.6 Å². The second kappa shape index (κ2) is 10.1. The zero-order valence-electron chi connectivity index (χ0n) is 18.5. The van der Waals surface area contributed by atoms with Gasteiger partial charge in [0.2, 0.25) is 0 Å². The van der Waals surface area contributed by atoms with Gasteiger partial charge in [0.05, 0.1) is 0 Å². The lowest BCUT2D eigenvalue weighted by Crippen LogP contribution is -2.45. The largest absolute Gasteiger partial charge is 0.377 e. The molecule has 0 saturated heterocycles. The third-order valence-electron chi connectivity index (χ3n) is 4.54. The van der Waals surface area contributed by atoms with Gasteiger partial charge >= 0.3 is 6.03 Å².